The number of fused-ring (bicyclic) bond motifs is 1. The first-order valence-electron chi connectivity index (χ1n) is 6.41. The van der Waals surface area contributed by atoms with E-state index in [1.54, 1.807) is 11.3 Å². The maximum absolute atomic E-state index is 5.83. The fourth-order valence-corrected chi connectivity index (χ4v) is 3.19. The minimum Gasteiger partial charge on any atom is -0.493 e. The first-order chi connectivity index (χ1) is 9.36. The molecule has 1 aliphatic rings. The fourth-order valence-electron chi connectivity index (χ4n) is 2.53. The van der Waals surface area contributed by atoms with Crippen LogP contribution >= 0.6 is 11.3 Å². The zero-order valence-corrected chi connectivity index (χ0v) is 11.4. The Hall–Kier alpha value is -1.43. The number of hydrogen-bond acceptors (Lipinski definition) is 5. The number of rotatable bonds is 4. The van der Waals surface area contributed by atoms with Gasteiger partial charge in [0.25, 0.3) is 0 Å². The van der Waals surface area contributed by atoms with Gasteiger partial charge in [0, 0.05) is 29.5 Å². The number of para-hydroxylation sites is 1. The molecule has 0 radical (unpaired) electrons. The van der Waals surface area contributed by atoms with Gasteiger partial charge in [-0.25, -0.2) is 0 Å². The molecule has 0 spiro atoms. The lowest BCUT2D eigenvalue weighted by atomic mass is 9.89. The molecule has 2 heterocycles. The molecule has 1 aliphatic heterocycles. The quantitative estimate of drug-likeness (QED) is 0.659. The van der Waals surface area contributed by atoms with Gasteiger partial charge in [-0.2, -0.15) is 0 Å². The van der Waals surface area contributed by atoms with Crippen LogP contribution in [0.5, 0.6) is 5.75 Å². The third-order valence-corrected chi connectivity index (χ3v) is 4.40. The summed E-state index contributed by atoms with van der Waals surface area (Å²) in [6, 6.07) is 8.43. The molecule has 0 amide bonds. The van der Waals surface area contributed by atoms with Crippen molar-refractivity contribution >= 4 is 11.3 Å². The van der Waals surface area contributed by atoms with Crippen molar-refractivity contribution in [2.75, 3.05) is 6.61 Å². The van der Waals surface area contributed by atoms with Crippen molar-refractivity contribution in [1.29, 1.82) is 0 Å². The summed E-state index contributed by atoms with van der Waals surface area (Å²) < 4.78 is 5.83. The molecule has 4 nitrogen and oxygen atoms in total. The Morgan fingerprint density at radius 3 is 3.16 bits per heavy atom. The Labute approximate surface area is 116 Å². The number of nitrogens with one attached hydrogen (secondary N) is 1. The van der Waals surface area contributed by atoms with E-state index in [9.17, 15) is 0 Å². The summed E-state index contributed by atoms with van der Waals surface area (Å²) in [5.41, 5.74) is 6.06. The van der Waals surface area contributed by atoms with E-state index < -0.39 is 0 Å². The zero-order valence-electron chi connectivity index (χ0n) is 10.6. The molecule has 3 N–H and O–H groups in total. The van der Waals surface area contributed by atoms with E-state index in [2.05, 4.69) is 22.5 Å². The van der Waals surface area contributed by atoms with Gasteiger partial charge in [0.15, 0.2) is 0 Å². The Kier molecular flexibility index (Phi) is 3.77. The number of nitrogens with zero attached hydrogens (tertiary/aromatic N) is 1. The van der Waals surface area contributed by atoms with Gasteiger partial charge in [0.2, 0.25) is 0 Å². The third kappa shape index (κ3) is 2.78. The summed E-state index contributed by atoms with van der Waals surface area (Å²) >= 11 is 1.67. The Morgan fingerprint density at radius 2 is 2.37 bits per heavy atom. The van der Waals surface area contributed by atoms with Crippen LogP contribution in [0.3, 0.4) is 0 Å². The third-order valence-electron chi connectivity index (χ3n) is 3.60. The van der Waals surface area contributed by atoms with Gasteiger partial charge >= 0.3 is 0 Å². The number of hydrazine groups is 1. The van der Waals surface area contributed by atoms with Gasteiger partial charge in [0.1, 0.15) is 5.75 Å². The first-order valence-corrected chi connectivity index (χ1v) is 7.29. The van der Waals surface area contributed by atoms with Crippen molar-refractivity contribution in [2.24, 2.45) is 11.8 Å². The molecular formula is C14H17N3OS. The minimum atomic E-state index is 0.216. The van der Waals surface area contributed by atoms with E-state index in [1.165, 1.54) is 10.4 Å². The van der Waals surface area contributed by atoms with Crippen LogP contribution < -0.4 is 16.0 Å². The number of hydrogen-bond donors (Lipinski definition) is 2. The van der Waals surface area contributed by atoms with Gasteiger partial charge in [-0.05, 0) is 18.1 Å². The van der Waals surface area contributed by atoms with Crippen molar-refractivity contribution in [1.82, 2.24) is 10.4 Å². The molecular weight excluding hydrogens is 258 g/mol. The molecule has 5 heteroatoms. The lowest BCUT2D eigenvalue weighted by molar-refractivity contribution is 0.184. The second-order valence-corrected chi connectivity index (χ2v) is 5.80. The molecule has 2 unspecified atom stereocenters. The highest BCUT2D eigenvalue weighted by atomic mass is 32.1. The van der Waals surface area contributed by atoms with E-state index in [0.717, 1.165) is 18.6 Å². The van der Waals surface area contributed by atoms with Crippen molar-refractivity contribution < 1.29 is 4.74 Å². The number of thiazole rings is 1. The SMILES string of the molecule is NNC(Cc1cncs1)C1COc2ccccc2C1. The summed E-state index contributed by atoms with van der Waals surface area (Å²) in [4.78, 5) is 5.36. The minimum absolute atomic E-state index is 0.216. The van der Waals surface area contributed by atoms with Crippen LogP contribution in [-0.4, -0.2) is 17.6 Å². The molecule has 19 heavy (non-hydrogen) atoms. The first kappa shape index (κ1) is 12.6. The second-order valence-electron chi connectivity index (χ2n) is 4.83. The maximum Gasteiger partial charge on any atom is 0.122 e. The molecule has 0 bridgehead atoms. The molecule has 1 aromatic carbocycles. The highest BCUT2D eigenvalue weighted by Crippen LogP contribution is 2.29. The molecule has 0 aliphatic carbocycles. The smallest absolute Gasteiger partial charge is 0.122 e. The summed E-state index contributed by atoms with van der Waals surface area (Å²) in [6.45, 7) is 0.713. The summed E-state index contributed by atoms with van der Waals surface area (Å²) in [7, 11) is 0. The Balaban J connectivity index is 1.72. The summed E-state index contributed by atoms with van der Waals surface area (Å²) in [6.07, 6.45) is 3.81. The van der Waals surface area contributed by atoms with E-state index in [1.807, 2.05) is 23.8 Å². The van der Waals surface area contributed by atoms with Crippen LogP contribution in [0.4, 0.5) is 0 Å². The zero-order chi connectivity index (χ0) is 13.1. The van der Waals surface area contributed by atoms with Gasteiger partial charge in [-0.3, -0.25) is 16.3 Å². The normalized spacial score (nSPS) is 19.5. The summed E-state index contributed by atoms with van der Waals surface area (Å²) in [5.74, 6) is 7.12. The number of benzene rings is 1. The van der Waals surface area contributed by atoms with E-state index in [0.29, 0.717) is 12.5 Å². The molecule has 3 rings (SSSR count). The van der Waals surface area contributed by atoms with Crippen molar-refractivity contribution in [2.45, 2.75) is 18.9 Å². The van der Waals surface area contributed by atoms with Crippen molar-refractivity contribution in [3.8, 4) is 5.75 Å². The number of ether oxygens (including phenoxy) is 1. The average Bonchev–Trinajstić information content (AvgIpc) is 2.97. The van der Waals surface area contributed by atoms with E-state index in [4.69, 9.17) is 10.6 Å². The lowest BCUT2D eigenvalue weighted by Crippen LogP contribution is -2.46. The van der Waals surface area contributed by atoms with Gasteiger partial charge < -0.3 is 4.74 Å². The Morgan fingerprint density at radius 1 is 1.47 bits per heavy atom. The van der Waals surface area contributed by atoms with Crippen molar-refractivity contribution in [3.63, 3.8) is 0 Å². The molecule has 2 aromatic rings. The second kappa shape index (κ2) is 5.69. The number of aromatic nitrogens is 1. The highest BCUT2D eigenvalue weighted by Gasteiger charge is 2.27. The summed E-state index contributed by atoms with van der Waals surface area (Å²) in [5, 5.41) is 0. The molecule has 1 aromatic heterocycles. The molecule has 0 fully saturated rings. The highest BCUT2D eigenvalue weighted by molar-refractivity contribution is 7.09. The van der Waals surface area contributed by atoms with E-state index in [-0.39, 0.29) is 6.04 Å². The van der Waals surface area contributed by atoms with Gasteiger partial charge in [0.05, 0.1) is 12.1 Å². The van der Waals surface area contributed by atoms with Crippen LogP contribution in [-0.2, 0) is 12.8 Å². The van der Waals surface area contributed by atoms with Gasteiger partial charge in [-0.15, -0.1) is 11.3 Å². The van der Waals surface area contributed by atoms with Crippen LogP contribution in [0.1, 0.15) is 10.4 Å². The molecule has 100 valence electrons. The Bertz CT molecular complexity index is 529. The largest absolute Gasteiger partial charge is 0.493 e. The van der Waals surface area contributed by atoms with E-state index >= 15 is 0 Å². The molecule has 0 saturated carbocycles. The predicted molar refractivity (Wildman–Crippen MR) is 76.1 cm³/mol. The van der Waals surface area contributed by atoms with Crippen LogP contribution in [0.15, 0.2) is 36.0 Å². The standard InChI is InChI=1S/C14H17N3OS/c15-17-13(6-12-7-16-9-19-12)11-5-10-3-1-2-4-14(10)18-8-11/h1-4,7,9,11,13,17H,5-6,8,15H2. The fraction of sp³-hybridized carbons (Fsp3) is 0.357. The molecule has 0 saturated heterocycles. The van der Waals surface area contributed by atoms with Crippen molar-refractivity contribution in [3.05, 3.63) is 46.4 Å². The maximum atomic E-state index is 5.83. The number of nitrogens with two attached hydrogens (primary N) is 1. The monoisotopic (exact) mass is 275 g/mol. The topological polar surface area (TPSA) is 60.2 Å². The average molecular weight is 275 g/mol. The van der Waals surface area contributed by atoms with Gasteiger partial charge in [-0.1, -0.05) is 18.2 Å². The lowest BCUT2D eigenvalue weighted by Gasteiger charge is -2.31. The van der Waals surface area contributed by atoms with Crippen LogP contribution in [0, 0.1) is 5.92 Å². The predicted octanol–water partition coefficient (Wildman–Crippen LogP) is 1.77. The molecule has 2 atom stereocenters. The van der Waals surface area contributed by atoms with Crippen LogP contribution in [0.2, 0.25) is 0 Å². The van der Waals surface area contributed by atoms with Crippen LogP contribution in [0.25, 0.3) is 0 Å².